The van der Waals surface area contributed by atoms with Gasteiger partial charge in [0.15, 0.2) is 0 Å². The van der Waals surface area contributed by atoms with Gasteiger partial charge in [0.25, 0.3) is 0 Å². The summed E-state index contributed by atoms with van der Waals surface area (Å²) in [5.41, 5.74) is 1.07. The van der Waals surface area contributed by atoms with Gasteiger partial charge in [0.2, 0.25) is 5.91 Å². The lowest BCUT2D eigenvalue weighted by atomic mass is 10.1. The zero-order valence-corrected chi connectivity index (χ0v) is 10.2. The summed E-state index contributed by atoms with van der Waals surface area (Å²) in [5, 5.41) is 3.35. The fourth-order valence-electron chi connectivity index (χ4n) is 2.15. The predicted molar refractivity (Wildman–Crippen MR) is 66.4 cm³/mol. The van der Waals surface area contributed by atoms with Crippen molar-refractivity contribution in [2.45, 2.75) is 31.8 Å². The molecule has 0 spiro atoms. The lowest BCUT2D eigenvalue weighted by Gasteiger charge is -2.19. The van der Waals surface area contributed by atoms with Gasteiger partial charge in [0, 0.05) is 38.4 Å². The van der Waals surface area contributed by atoms with Crippen LogP contribution in [0.3, 0.4) is 0 Å². The van der Waals surface area contributed by atoms with Crippen LogP contribution in [0, 0.1) is 0 Å². The van der Waals surface area contributed by atoms with E-state index in [2.05, 4.69) is 10.3 Å². The second-order valence-corrected chi connectivity index (χ2v) is 4.61. The summed E-state index contributed by atoms with van der Waals surface area (Å²) in [7, 11) is 1.85. The molecule has 1 aliphatic rings. The molecule has 1 fully saturated rings. The second-order valence-electron chi connectivity index (χ2n) is 4.61. The molecule has 1 aromatic heterocycles. The number of pyridine rings is 1. The standard InChI is InChI=1S/C13H19N3O/c1-16(10-11-4-2-6-14-9-11)13(17)8-12-5-3-7-15-12/h2,4,6,9,12,15H,3,5,7-8,10H2,1H3. The first kappa shape index (κ1) is 12.0. The van der Waals surface area contributed by atoms with Gasteiger partial charge in [0.1, 0.15) is 0 Å². The predicted octanol–water partition coefficient (Wildman–Crippen LogP) is 1.18. The molecule has 0 radical (unpaired) electrons. The molecule has 92 valence electrons. The molecule has 17 heavy (non-hydrogen) atoms. The third-order valence-electron chi connectivity index (χ3n) is 3.15. The molecule has 1 aromatic rings. The summed E-state index contributed by atoms with van der Waals surface area (Å²) < 4.78 is 0. The first-order valence-corrected chi connectivity index (χ1v) is 6.12. The quantitative estimate of drug-likeness (QED) is 0.849. The lowest BCUT2D eigenvalue weighted by Crippen LogP contribution is -2.33. The molecule has 1 N–H and O–H groups in total. The van der Waals surface area contributed by atoms with Gasteiger partial charge in [0.05, 0.1) is 0 Å². The van der Waals surface area contributed by atoms with E-state index in [-0.39, 0.29) is 5.91 Å². The smallest absolute Gasteiger partial charge is 0.224 e. The molecule has 1 aliphatic heterocycles. The summed E-state index contributed by atoms with van der Waals surface area (Å²) in [6.45, 7) is 1.68. The number of nitrogens with one attached hydrogen (secondary N) is 1. The van der Waals surface area contributed by atoms with Crippen molar-refractivity contribution in [3.8, 4) is 0 Å². The van der Waals surface area contributed by atoms with Crippen molar-refractivity contribution in [1.82, 2.24) is 15.2 Å². The van der Waals surface area contributed by atoms with Gasteiger partial charge in [-0.15, -0.1) is 0 Å². The number of hydrogen-bond donors (Lipinski definition) is 1. The van der Waals surface area contributed by atoms with Crippen LogP contribution in [-0.4, -0.2) is 35.4 Å². The largest absolute Gasteiger partial charge is 0.341 e. The van der Waals surface area contributed by atoms with E-state index in [1.807, 2.05) is 19.2 Å². The van der Waals surface area contributed by atoms with E-state index in [4.69, 9.17) is 0 Å². The number of carbonyl (C=O) groups excluding carboxylic acids is 1. The summed E-state index contributed by atoms with van der Waals surface area (Å²) in [6, 6.07) is 4.26. The highest BCUT2D eigenvalue weighted by Crippen LogP contribution is 2.11. The van der Waals surface area contributed by atoms with Crippen LogP contribution in [0.5, 0.6) is 0 Å². The average molecular weight is 233 g/mol. The van der Waals surface area contributed by atoms with Crippen LogP contribution >= 0.6 is 0 Å². The van der Waals surface area contributed by atoms with E-state index in [0.29, 0.717) is 19.0 Å². The maximum absolute atomic E-state index is 12.0. The van der Waals surface area contributed by atoms with Crippen molar-refractivity contribution in [3.63, 3.8) is 0 Å². The van der Waals surface area contributed by atoms with Crippen molar-refractivity contribution in [2.75, 3.05) is 13.6 Å². The summed E-state index contributed by atoms with van der Waals surface area (Å²) >= 11 is 0. The summed E-state index contributed by atoms with van der Waals surface area (Å²) in [4.78, 5) is 17.8. The van der Waals surface area contributed by atoms with Crippen LogP contribution < -0.4 is 5.32 Å². The van der Waals surface area contributed by atoms with Crippen LogP contribution in [-0.2, 0) is 11.3 Å². The molecule has 1 unspecified atom stereocenters. The SMILES string of the molecule is CN(Cc1cccnc1)C(=O)CC1CCCN1. The van der Waals surface area contributed by atoms with Crippen molar-refractivity contribution >= 4 is 5.91 Å². The molecule has 1 amide bonds. The minimum atomic E-state index is 0.202. The Bertz CT molecular complexity index is 360. The minimum absolute atomic E-state index is 0.202. The van der Waals surface area contributed by atoms with Crippen LogP contribution in [0.4, 0.5) is 0 Å². The maximum atomic E-state index is 12.0. The Morgan fingerprint density at radius 1 is 1.65 bits per heavy atom. The number of amides is 1. The Balaban J connectivity index is 1.82. The molecule has 1 atom stereocenters. The van der Waals surface area contributed by atoms with Crippen LogP contribution in [0.15, 0.2) is 24.5 Å². The molecule has 2 rings (SSSR count). The van der Waals surface area contributed by atoms with E-state index in [0.717, 1.165) is 18.5 Å². The van der Waals surface area contributed by atoms with Gasteiger partial charge in [-0.3, -0.25) is 9.78 Å². The molecule has 0 aliphatic carbocycles. The van der Waals surface area contributed by atoms with Gasteiger partial charge in [-0.05, 0) is 31.0 Å². The summed E-state index contributed by atoms with van der Waals surface area (Å²) in [6.07, 6.45) is 6.46. The Morgan fingerprint density at radius 2 is 2.53 bits per heavy atom. The number of hydrogen-bond acceptors (Lipinski definition) is 3. The number of rotatable bonds is 4. The minimum Gasteiger partial charge on any atom is -0.341 e. The Kier molecular flexibility index (Phi) is 4.09. The van der Waals surface area contributed by atoms with Crippen LogP contribution in [0.25, 0.3) is 0 Å². The van der Waals surface area contributed by atoms with Crippen molar-refractivity contribution in [2.24, 2.45) is 0 Å². The maximum Gasteiger partial charge on any atom is 0.224 e. The zero-order valence-electron chi connectivity index (χ0n) is 10.2. The highest BCUT2D eigenvalue weighted by Gasteiger charge is 2.19. The van der Waals surface area contributed by atoms with Crippen molar-refractivity contribution in [3.05, 3.63) is 30.1 Å². The molecular formula is C13H19N3O. The van der Waals surface area contributed by atoms with Gasteiger partial charge in [-0.1, -0.05) is 6.07 Å². The van der Waals surface area contributed by atoms with Crippen molar-refractivity contribution in [1.29, 1.82) is 0 Å². The molecule has 1 saturated heterocycles. The fourth-order valence-corrected chi connectivity index (χ4v) is 2.15. The first-order chi connectivity index (χ1) is 8.25. The zero-order chi connectivity index (χ0) is 12.1. The lowest BCUT2D eigenvalue weighted by molar-refractivity contribution is -0.130. The summed E-state index contributed by atoms with van der Waals surface area (Å²) in [5.74, 6) is 0.202. The third-order valence-corrected chi connectivity index (χ3v) is 3.15. The van der Waals surface area contributed by atoms with Crippen molar-refractivity contribution < 1.29 is 4.79 Å². The average Bonchev–Trinajstić information content (AvgIpc) is 2.83. The number of carbonyl (C=O) groups is 1. The number of aromatic nitrogens is 1. The molecule has 0 aromatic carbocycles. The van der Waals surface area contributed by atoms with Gasteiger partial charge < -0.3 is 10.2 Å². The third kappa shape index (κ3) is 3.53. The normalized spacial score (nSPS) is 19.2. The first-order valence-electron chi connectivity index (χ1n) is 6.12. The molecule has 2 heterocycles. The molecular weight excluding hydrogens is 214 g/mol. The molecule has 4 nitrogen and oxygen atoms in total. The molecule has 0 saturated carbocycles. The Hall–Kier alpha value is -1.42. The molecule has 4 heteroatoms. The van der Waals surface area contributed by atoms with Gasteiger partial charge >= 0.3 is 0 Å². The highest BCUT2D eigenvalue weighted by molar-refractivity contribution is 5.76. The molecule has 0 bridgehead atoms. The van der Waals surface area contributed by atoms with E-state index < -0.39 is 0 Å². The van der Waals surface area contributed by atoms with Gasteiger partial charge in [-0.25, -0.2) is 0 Å². The van der Waals surface area contributed by atoms with E-state index >= 15 is 0 Å². The fraction of sp³-hybridized carbons (Fsp3) is 0.538. The van der Waals surface area contributed by atoms with Gasteiger partial charge in [-0.2, -0.15) is 0 Å². The topological polar surface area (TPSA) is 45.2 Å². The van der Waals surface area contributed by atoms with E-state index in [1.165, 1.54) is 6.42 Å². The Labute approximate surface area is 102 Å². The monoisotopic (exact) mass is 233 g/mol. The van der Waals surface area contributed by atoms with E-state index in [1.54, 1.807) is 17.3 Å². The highest BCUT2D eigenvalue weighted by atomic mass is 16.2. The Morgan fingerprint density at radius 3 is 3.18 bits per heavy atom. The van der Waals surface area contributed by atoms with Crippen LogP contribution in [0.1, 0.15) is 24.8 Å². The van der Waals surface area contributed by atoms with E-state index in [9.17, 15) is 4.79 Å². The van der Waals surface area contributed by atoms with Crippen LogP contribution in [0.2, 0.25) is 0 Å². The second kappa shape index (κ2) is 5.77. The number of nitrogens with zero attached hydrogens (tertiary/aromatic N) is 2.